The van der Waals surface area contributed by atoms with E-state index in [-0.39, 0.29) is 12.3 Å². The molecule has 29 heavy (non-hydrogen) atoms. The summed E-state index contributed by atoms with van der Waals surface area (Å²) < 4.78 is 11.0. The number of aromatic nitrogens is 1. The van der Waals surface area contributed by atoms with Gasteiger partial charge in [-0.15, -0.1) is 11.3 Å². The van der Waals surface area contributed by atoms with Gasteiger partial charge in [-0.3, -0.25) is 4.79 Å². The summed E-state index contributed by atoms with van der Waals surface area (Å²) in [5, 5.41) is 6.74. The van der Waals surface area contributed by atoms with E-state index in [2.05, 4.69) is 15.5 Å². The molecule has 1 aromatic heterocycles. The van der Waals surface area contributed by atoms with Crippen molar-refractivity contribution in [1.29, 1.82) is 0 Å². The van der Waals surface area contributed by atoms with Gasteiger partial charge in [0.2, 0.25) is 5.91 Å². The Balaban J connectivity index is 1.56. The maximum Gasteiger partial charge on any atom is 0.246 e. The number of thiazole rings is 1. The summed E-state index contributed by atoms with van der Waals surface area (Å²) in [6.07, 6.45) is 2.66. The van der Waals surface area contributed by atoms with Crippen LogP contribution in [0, 0.1) is 0 Å². The first-order chi connectivity index (χ1) is 14.2. The van der Waals surface area contributed by atoms with E-state index < -0.39 is 0 Å². The number of nitrogens with one attached hydrogen (secondary N) is 1. The fraction of sp³-hybridized carbons (Fsp3) is 0.227. The van der Waals surface area contributed by atoms with Crippen molar-refractivity contribution in [2.75, 3.05) is 13.7 Å². The van der Waals surface area contributed by atoms with Crippen molar-refractivity contribution in [3.05, 3.63) is 64.5 Å². The zero-order valence-electron chi connectivity index (χ0n) is 16.4. The van der Waals surface area contributed by atoms with Crippen LogP contribution in [0.25, 0.3) is 11.3 Å². The lowest BCUT2D eigenvalue weighted by Gasteiger charge is -2.10. The Hall–Kier alpha value is -3.19. The maximum absolute atomic E-state index is 12.2. The number of amides is 1. The Morgan fingerprint density at radius 3 is 2.79 bits per heavy atom. The van der Waals surface area contributed by atoms with E-state index in [0.717, 1.165) is 28.2 Å². The topological polar surface area (TPSA) is 72.8 Å². The molecule has 2 aromatic carbocycles. The van der Waals surface area contributed by atoms with E-state index in [9.17, 15) is 4.79 Å². The number of benzene rings is 2. The van der Waals surface area contributed by atoms with Crippen LogP contribution in [-0.2, 0) is 11.2 Å². The van der Waals surface area contributed by atoms with Crippen molar-refractivity contribution < 1.29 is 14.3 Å². The number of ether oxygens (including phenoxy) is 2. The van der Waals surface area contributed by atoms with Crippen LogP contribution in [0.3, 0.4) is 0 Å². The molecule has 0 spiro atoms. The molecule has 0 unspecified atom stereocenters. The van der Waals surface area contributed by atoms with Gasteiger partial charge in [-0.2, -0.15) is 5.10 Å². The lowest BCUT2D eigenvalue weighted by Crippen LogP contribution is -2.19. The number of nitrogens with zero attached hydrogens (tertiary/aromatic N) is 2. The van der Waals surface area contributed by atoms with Gasteiger partial charge in [0.25, 0.3) is 0 Å². The predicted molar refractivity (Wildman–Crippen MR) is 116 cm³/mol. The molecule has 0 aliphatic carbocycles. The molecule has 1 N–H and O–H groups in total. The van der Waals surface area contributed by atoms with Crippen LogP contribution < -0.4 is 14.9 Å². The average molecular weight is 410 g/mol. The first kappa shape index (κ1) is 20.5. The Morgan fingerprint density at radius 2 is 2.03 bits per heavy atom. The molecule has 3 aromatic rings. The second kappa shape index (κ2) is 10.4. The SMILES string of the molecule is CCCOc1cc(/C=N\NC(=O)Cc2nc(-c3ccccc3)cs2)ccc1OC. The van der Waals surface area contributed by atoms with Crippen LogP contribution in [0.1, 0.15) is 23.9 Å². The van der Waals surface area contributed by atoms with E-state index in [1.807, 2.05) is 60.8 Å². The third-order valence-corrected chi connectivity index (χ3v) is 4.83. The van der Waals surface area contributed by atoms with E-state index in [0.29, 0.717) is 18.1 Å². The fourth-order valence-electron chi connectivity index (χ4n) is 2.59. The van der Waals surface area contributed by atoms with Crippen molar-refractivity contribution in [1.82, 2.24) is 10.4 Å². The highest BCUT2D eigenvalue weighted by atomic mass is 32.1. The predicted octanol–water partition coefficient (Wildman–Crippen LogP) is 4.30. The number of methoxy groups -OCH3 is 1. The second-order valence-corrected chi connectivity index (χ2v) is 7.16. The average Bonchev–Trinajstić information content (AvgIpc) is 3.21. The van der Waals surface area contributed by atoms with Crippen molar-refractivity contribution in [3.8, 4) is 22.8 Å². The van der Waals surface area contributed by atoms with Crippen molar-refractivity contribution in [2.24, 2.45) is 5.10 Å². The summed E-state index contributed by atoms with van der Waals surface area (Å²) in [7, 11) is 1.60. The monoisotopic (exact) mass is 409 g/mol. The summed E-state index contributed by atoms with van der Waals surface area (Å²) >= 11 is 1.46. The minimum absolute atomic E-state index is 0.183. The molecule has 7 heteroatoms. The molecule has 1 amide bonds. The molecule has 0 aliphatic heterocycles. The number of rotatable bonds is 9. The smallest absolute Gasteiger partial charge is 0.246 e. The van der Waals surface area contributed by atoms with E-state index in [1.54, 1.807) is 13.3 Å². The Labute approximate surface area is 174 Å². The van der Waals surface area contributed by atoms with Gasteiger partial charge in [-0.1, -0.05) is 37.3 Å². The van der Waals surface area contributed by atoms with Gasteiger partial charge in [-0.25, -0.2) is 10.4 Å². The highest BCUT2D eigenvalue weighted by Gasteiger charge is 2.09. The molecule has 6 nitrogen and oxygen atoms in total. The maximum atomic E-state index is 12.2. The minimum Gasteiger partial charge on any atom is -0.493 e. The van der Waals surface area contributed by atoms with Gasteiger partial charge in [-0.05, 0) is 30.2 Å². The summed E-state index contributed by atoms with van der Waals surface area (Å²) in [6.45, 7) is 2.64. The number of hydrogen-bond acceptors (Lipinski definition) is 6. The van der Waals surface area contributed by atoms with E-state index in [1.165, 1.54) is 11.3 Å². The lowest BCUT2D eigenvalue weighted by atomic mass is 10.2. The molecule has 0 fully saturated rings. The summed E-state index contributed by atoms with van der Waals surface area (Å²) in [5.74, 6) is 1.10. The lowest BCUT2D eigenvalue weighted by molar-refractivity contribution is -0.120. The molecule has 0 radical (unpaired) electrons. The molecule has 150 valence electrons. The van der Waals surface area contributed by atoms with Gasteiger partial charge in [0.05, 0.1) is 32.0 Å². The number of carbonyl (C=O) groups is 1. The van der Waals surface area contributed by atoms with E-state index >= 15 is 0 Å². The van der Waals surface area contributed by atoms with Crippen LogP contribution in [0.15, 0.2) is 59.0 Å². The third kappa shape index (κ3) is 5.89. The first-order valence-electron chi connectivity index (χ1n) is 9.32. The molecule has 0 bridgehead atoms. The molecular formula is C22H23N3O3S. The Morgan fingerprint density at radius 1 is 1.21 bits per heavy atom. The molecule has 1 heterocycles. The van der Waals surface area contributed by atoms with Gasteiger partial charge in [0, 0.05) is 10.9 Å². The van der Waals surface area contributed by atoms with Gasteiger partial charge in [0.15, 0.2) is 11.5 Å². The van der Waals surface area contributed by atoms with Crippen LogP contribution in [0.2, 0.25) is 0 Å². The third-order valence-electron chi connectivity index (χ3n) is 3.99. The molecular weight excluding hydrogens is 386 g/mol. The van der Waals surface area contributed by atoms with Crippen molar-refractivity contribution >= 4 is 23.5 Å². The van der Waals surface area contributed by atoms with Crippen LogP contribution in [-0.4, -0.2) is 30.8 Å². The highest BCUT2D eigenvalue weighted by Crippen LogP contribution is 2.27. The molecule has 3 rings (SSSR count). The number of hydrazone groups is 1. The highest BCUT2D eigenvalue weighted by molar-refractivity contribution is 7.10. The minimum atomic E-state index is -0.217. The second-order valence-electron chi connectivity index (χ2n) is 6.22. The molecule has 0 saturated heterocycles. The number of carbonyl (C=O) groups excluding carboxylic acids is 1. The van der Waals surface area contributed by atoms with Gasteiger partial charge in [0.1, 0.15) is 5.01 Å². The first-order valence-corrected chi connectivity index (χ1v) is 10.2. The quantitative estimate of drug-likeness (QED) is 0.422. The van der Waals surface area contributed by atoms with Crippen LogP contribution >= 0.6 is 11.3 Å². The van der Waals surface area contributed by atoms with Crippen LogP contribution in [0.5, 0.6) is 11.5 Å². The summed E-state index contributed by atoms with van der Waals surface area (Å²) in [5.41, 5.74) is 5.26. The van der Waals surface area contributed by atoms with Crippen LogP contribution in [0.4, 0.5) is 0 Å². The summed E-state index contributed by atoms with van der Waals surface area (Å²) in [4.78, 5) is 16.7. The van der Waals surface area contributed by atoms with E-state index in [4.69, 9.17) is 9.47 Å². The normalized spacial score (nSPS) is 10.8. The molecule has 0 atom stereocenters. The molecule has 0 aliphatic rings. The fourth-order valence-corrected chi connectivity index (χ4v) is 3.39. The Bertz CT molecular complexity index is 970. The largest absolute Gasteiger partial charge is 0.493 e. The van der Waals surface area contributed by atoms with Crippen molar-refractivity contribution in [2.45, 2.75) is 19.8 Å². The Kier molecular flexibility index (Phi) is 7.35. The molecule has 0 saturated carbocycles. The van der Waals surface area contributed by atoms with Gasteiger partial charge >= 0.3 is 0 Å². The number of hydrogen-bond donors (Lipinski definition) is 1. The zero-order chi connectivity index (χ0) is 20.5. The van der Waals surface area contributed by atoms with Crippen molar-refractivity contribution in [3.63, 3.8) is 0 Å². The van der Waals surface area contributed by atoms with Gasteiger partial charge < -0.3 is 9.47 Å². The standard InChI is InChI=1S/C22H23N3O3S/c1-3-11-28-20-12-16(9-10-19(20)27-2)14-23-25-21(26)13-22-24-18(15-29-22)17-7-5-4-6-8-17/h4-10,12,14-15H,3,11,13H2,1-2H3,(H,25,26)/b23-14-. The zero-order valence-corrected chi connectivity index (χ0v) is 17.2. The summed E-state index contributed by atoms with van der Waals surface area (Å²) in [6, 6.07) is 15.4.